The zero-order valence-electron chi connectivity index (χ0n) is 6.41. The van der Waals surface area contributed by atoms with Crippen LogP contribution < -0.4 is 5.11 Å². The van der Waals surface area contributed by atoms with Gasteiger partial charge in [0.15, 0.2) is 0 Å². The molecule has 2 nitrogen and oxygen atoms in total. The summed E-state index contributed by atoms with van der Waals surface area (Å²) in [5.41, 5.74) is 0. The van der Waals surface area contributed by atoms with Crippen molar-refractivity contribution >= 4 is 27.4 Å². The fraction of sp³-hybridized carbons (Fsp3) is 0. The van der Waals surface area contributed by atoms with Crippen molar-refractivity contribution in [2.75, 3.05) is 0 Å². The smallest absolute Gasteiger partial charge is 0.131 e. The van der Waals surface area contributed by atoms with Gasteiger partial charge in [0.25, 0.3) is 0 Å². The van der Waals surface area contributed by atoms with E-state index in [0.717, 1.165) is 11.3 Å². The Balaban J connectivity index is 2.75. The van der Waals surface area contributed by atoms with E-state index in [4.69, 9.17) is 0 Å². The molecular weight excluding hydrogens is 191 g/mol. The highest BCUT2D eigenvalue weighted by Gasteiger charge is 2.05. The number of carbonyl (C=O) groups is 1. The van der Waals surface area contributed by atoms with Gasteiger partial charge in [-0.1, -0.05) is 6.07 Å². The lowest BCUT2D eigenvalue weighted by Gasteiger charge is -1.92. The van der Waals surface area contributed by atoms with Crippen LogP contribution in [0.3, 0.4) is 0 Å². The summed E-state index contributed by atoms with van der Waals surface area (Å²) in [4.78, 5) is 10.5. The quantitative estimate of drug-likeness (QED) is 0.690. The normalized spacial score (nSPS) is 10.5. The van der Waals surface area contributed by atoms with Crippen molar-refractivity contribution in [3.63, 3.8) is 0 Å². The van der Waals surface area contributed by atoms with Crippen molar-refractivity contribution in [2.45, 2.75) is 0 Å². The van der Waals surface area contributed by atoms with Gasteiger partial charge in [-0.05, 0) is 18.2 Å². The highest BCUT2D eigenvalue weighted by atomic mass is 32.1. The number of carboxylic acid groups (broad SMARTS) is 1. The molecule has 0 saturated carbocycles. The minimum atomic E-state index is -1.26. The third-order valence-electron chi connectivity index (χ3n) is 1.71. The van der Waals surface area contributed by atoms with E-state index < -0.39 is 11.8 Å². The number of hydrogen-bond acceptors (Lipinski definition) is 3. The molecule has 0 spiro atoms. The molecule has 1 heterocycles. The molecule has 1 aromatic carbocycles. The van der Waals surface area contributed by atoms with Crippen molar-refractivity contribution in [3.8, 4) is 0 Å². The topological polar surface area (TPSA) is 40.1 Å². The molecule has 0 N–H and O–H groups in total. The average Bonchev–Trinajstić information content (AvgIpc) is 2.49. The lowest BCUT2D eigenvalue weighted by atomic mass is 10.2. The first-order valence-electron chi connectivity index (χ1n) is 3.58. The van der Waals surface area contributed by atoms with Crippen LogP contribution in [-0.4, -0.2) is 5.97 Å². The number of fused-ring (bicyclic) bond motifs is 1. The van der Waals surface area contributed by atoms with E-state index in [1.807, 2.05) is 0 Å². The van der Waals surface area contributed by atoms with Crippen LogP contribution in [-0.2, 0) is 0 Å². The van der Waals surface area contributed by atoms with Crippen molar-refractivity contribution < 1.29 is 14.3 Å². The number of carbonyl (C=O) groups excluding carboxylic acids is 1. The summed E-state index contributed by atoms with van der Waals surface area (Å²) in [5.74, 6) is -1.66. The summed E-state index contributed by atoms with van der Waals surface area (Å²) in [6.07, 6.45) is 0. The van der Waals surface area contributed by atoms with Gasteiger partial charge in [0.1, 0.15) is 5.82 Å². The Labute approximate surface area is 77.2 Å². The lowest BCUT2D eigenvalue weighted by molar-refractivity contribution is -0.254. The van der Waals surface area contributed by atoms with Crippen molar-refractivity contribution in [1.29, 1.82) is 0 Å². The minimum absolute atomic E-state index is 0.0556. The molecule has 66 valence electrons. The van der Waals surface area contributed by atoms with Crippen LogP contribution in [0.25, 0.3) is 10.1 Å². The zero-order chi connectivity index (χ0) is 9.42. The van der Waals surface area contributed by atoms with E-state index in [1.54, 1.807) is 12.1 Å². The molecule has 4 heteroatoms. The van der Waals surface area contributed by atoms with E-state index in [2.05, 4.69) is 0 Å². The van der Waals surface area contributed by atoms with Crippen LogP contribution in [0.1, 0.15) is 9.67 Å². The maximum atomic E-state index is 13.1. The summed E-state index contributed by atoms with van der Waals surface area (Å²) in [6.45, 7) is 0. The average molecular weight is 195 g/mol. The Morgan fingerprint density at radius 2 is 2.23 bits per heavy atom. The highest BCUT2D eigenvalue weighted by Crippen LogP contribution is 2.26. The van der Waals surface area contributed by atoms with Gasteiger partial charge in [-0.2, -0.15) is 0 Å². The number of carboxylic acids is 1. The number of rotatable bonds is 1. The summed E-state index contributed by atoms with van der Waals surface area (Å²) >= 11 is 1.02. The van der Waals surface area contributed by atoms with Gasteiger partial charge in [0.05, 0.1) is 10.8 Å². The van der Waals surface area contributed by atoms with E-state index in [1.165, 1.54) is 12.1 Å². The predicted molar refractivity (Wildman–Crippen MR) is 46.1 cm³/mol. The summed E-state index contributed by atoms with van der Waals surface area (Å²) < 4.78 is 13.7. The fourth-order valence-corrected chi connectivity index (χ4v) is 2.04. The number of thiophene rings is 1. The van der Waals surface area contributed by atoms with Gasteiger partial charge in [-0.15, -0.1) is 11.3 Å². The summed E-state index contributed by atoms with van der Waals surface area (Å²) in [5, 5.41) is 10.8. The van der Waals surface area contributed by atoms with Gasteiger partial charge in [0.2, 0.25) is 0 Å². The molecule has 0 aliphatic carbocycles. The Bertz CT molecular complexity index is 475. The van der Waals surface area contributed by atoms with E-state index in [-0.39, 0.29) is 4.88 Å². The van der Waals surface area contributed by atoms with Gasteiger partial charge >= 0.3 is 0 Å². The van der Waals surface area contributed by atoms with Crippen LogP contribution in [0.15, 0.2) is 24.3 Å². The maximum Gasteiger partial charge on any atom is 0.131 e. The van der Waals surface area contributed by atoms with Crippen LogP contribution >= 0.6 is 11.3 Å². The van der Waals surface area contributed by atoms with Crippen molar-refractivity contribution in [3.05, 3.63) is 35.0 Å². The first-order chi connectivity index (χ1) is 6.18. The molecular formula is C9H4FO2S-. The zero-order valence-corrected chi connectivity index (χ0v) is 7.23. The second-order valence-electron chi connectivity index (χ2n) is 2.55. The molecule has 0 amide bonds. The van der Waals surface area contributed by atoms with Crippen LogP contribution in [0.4, 0.5) is 4.39 Å². The van der Waals surface area contributed by atoms with Crippen LogP contribution in [0, 0.1) is 5.82 Å². The molecule has 0 bridgehead atoms. The van der Waals surface area contributed by atoms with Gasteiger partial charge in [0, 0.05) is 10.1 Å². The third-order valence-corrected chi connectivity index (χ3v) is 2.79. The molecule has 0 unspecified atom stereocenters. The molecule has 2 rings (SSSR count). The molecule has 0 atom stereocenters. The first kappa shape index (κ1) is 8.19. The second kappa shape index (κ2) is 2.81. The number of benzene rings is 1. The fourth-order valence-electron chi connectivity index (χ4n) is 1.13. The Morgan fingerprint density at radius 3 is 2.85 bits per heavy atom. The van der Waals surface area contributed by atoms with E-state index in [0.29, 0.717) is 10.1 Å². The summed E-state index contributed by atoms with van der Waals surface area (Å²) in [6, 6.07) is 5.82. The third kappa shape index (κ3) is 1.29. The van der Waals surface area contributed by atoms with Gasteiger partial charge in [-0.3, -0.25) is 0 Å². The van der Waals surface area contributed by atoms with Crippen LogP contribution in [0.5, 0.6) is 0 Å². The summed E-state index contributed by atoms with van der Waals surface area (Å²) in [7, 11) is 0. The number of halogens is 1. The minimum Gasteiger partial charge on any atom is -0.544 e. The standard InChI is InChI=1S/C9H5FO2S/c10-6-2-1-3-7-5(6)4-8(13-7)9(11)12/h1-4H,(H,11,12)/p-1. The van der Waals surface area contributed by atoms with Gasteiger partial charge < -0.3 is 9.90 Å². The van der Waals surface area contributed by atoms with Crippen molar-refractivity contribution in [1.82, 2.24) is 0 Å². The maximum absolute atomic E-state index is 13.1. The lowest BCUT2D eigenvalue weighted by Crippen LogP contribution is -2.20. The van der Waals surface area contributed by atoms with Crippen molar-refractivity contribution in [2.24, 2.45) is 0 Å². The largest absolute Gasteiger partial charge is 0.544 e. The Morgan fingerprint density at radius 1 is 1.46 bits per heavy atom. The van der Waals surface area contributed by atoms with E-state index in [9.17, 15) is 14.3 Å². The second-order valence-corrected chi connectivity index (χ2v) is 3.63. The number of hydrogen-bond donors (Lipinski definition) is 0. The Kier molecular flexibility index (Phi) is 1.77. The molecule has 2 aromatic rings. The first-order valence-corrected chi connectivity index (χ1v) is 4.39. The molecule has 0 radical (unpaired) electrons. The highest BCUT2D eigenvalue weighted by molar-refractivity contribution is 7.20. The van der Waals surface area contributed by atoms with E-state index >= 15 is 0 Å². The molecule has 0 saturated heterocycles. The molecule has 0 aliphatic heterocycles. The monoisotopic (exact) mass is 195 g/mol. The number of aromatic carboxylic acids is 1. The van der Waals surface area contributed by atoms with Crippen LogP contribution in [0.2, 0.25) is 0 Å². The molecule has 13 heavy (non-hydrogen) atoms. The SMILES string of the molecule is O=C([O-])c1cc2c(F)cccc2s1. The molecule has 1 aromatic heterocycles. The predicted octanol–water partition coefficient (Wildman–Crippen LogP) is 1.40. The van der Waals surface area contributed by atoms with Gasteiger partial charge in [-0.25, -0.2) is 4.39 Å². The molecule has 0 fully saturated rings. The molecule has 0 aliphatic rings. The Hall–Kier alpha value is -1.42.